The van der Waals surface area contributed by atoms with Gasteiger partial charge in [-0.3, -0.25) is 23.2 Å². The summed E-state index contributed by atoms with van der Waals surface area (Å²) in [5.41, 5.74) is 1.71. The molecule has 0 saturated carbocycles. The fourth-order valence-corrected chi connectivity index (χ4v) is 9.76. The Labute approximate surface area is 403 Å². The van der Waals surface area contributed by atoms with Gasteiger partial charge in [-0.15, -0.1) is 5.06 Å². The molecule has 1 aromatic rings. The third-order valence-corrected chi connectivity index (χ3v) is 14.1. The summed E-state index contributed by atoms with van der Waals surface area (Å²) >= 11 is 0. The molecule has 23 heteroatoms. The lowest BCUT2D eigenvalue weighted by molar-refractivity contribution is -0.197. The van der Waals surface area contributed by atoms with E-state index in [0.717, 1.165) is 11.1 Å². The Bertz CT molecular complexity index is 2780. The number of hydrogen-bond acceptors (Lipinski definition) is 15. The molecule has 3 aliphatic heterocycles. The average Bonchev–Trinajstić information content (AvgIpc) is 3.68. The van der Waals surface area contributed by atoms with E-state index >= 15 is 0 Å². The lowest BCUT2D eigenvalue weighted by Gasteiger charge is -2.30. The van der Waals surface area contributed by atoms with E-state index in [1.165, 1.54) is 18.2 Å². The number of carbonyl (C=O) groups is 3. The third kappa shape index (κ3) is 15.6. The number of ether oxygens (including phenoxy) is 3. The highest BCUT2D eigenvalue weighted by Gasteiger charge is 2.44. The summed E-state index contributed by atoms with van der Waals surface area (Å²) in [6.45, 7) is 10.5. The molecule has 0 aromatic heterocycles. The molecule has 380 valence electrons. The summed E-state index contributed by atoms with van der Waals surface area (Å²) < 4.78 is 126. The molecule has 1 fully saturated rings. The van der Waals surface area contributed by atoms with Crippen molar-refractivity contribution in [3.05, 3.63) is 82.6 Å². The molecule has 2 amide bonds. The fraction of sp³-hybridized carbons (Fsp3) is 0.522. The molecule has 0 radical (unpaired) electrons. The van der Waals surface area contributed by atoms with E-state index in [-0.39, 0.29) is 70.1 Å². The second-order valence-corrected chi connectivity index (χ2v) is 22.5. The third-order valence-electron chi connectivity index (χ3n) is 11.6. The van der Waals surface area contributed by atoms with Gasteiger partial charge in [0.05, 0.1) is 48.9 Å². The number of hydroxylamine groups is 2. The van der Waals surface area contributed by atoms with Gasteiger partial charge in [0.25, 0.3) is 42.2 Å². The first-order valence-corrected chi connectivity index (χ1v) is 27.0. The molecule has 1 aliphatic carbocycles. The highest BCUT2D eigenvalue weighted by molar-refractivity contribution is 7.86. The van der Waals surface area contributed by atoms with E-state index in [4.69, 9.17) is 23.5 Å². The van der Waals surface area contributed by atoms with Gasteiger partial charge in [-0.25, -0.2) is 9.37 Å². The van der Waals surface area contributed by atoms with Gasteiger partial charge >= 0.3 is 5.97 Å². The van der Waals surface area contributed by atoms with E-state index in [9.17, 15) is 53.3 Å². The lowest BCUT2D eigenvalue weighted by atomic mass is 9.77. The first-order valence-electron chi connectivity index (χ1n) is 22.4. The summed E-state index contributed by atoms with van der Waals surface area (Å²) in [7, 11) is -11.7. The molecule has 69 heavy (non-hydrogen) atoms. The number of imide groups is 1. The Morgan fingerprint density at radius 3 is 2.13 bits per heavy atom. The van der Waals surface area contributed by atoms with Crippen LogP contribution >= 0.6 is 0 Å². The van der Waals surface area contributed by atoms with Crippen molar-refractivity contribution in [2.24, 2.45) is 0 Å². The van der Waals surface area contributed by atoms with Gasteiger partial charge < -0.3 is 28.4 Å². The van der Waals surface area contributed by atoms with Crippen LogP contribution in [0.15, 0.2) is 69.6 Å². The summed E-state index contributed by atoms with van der Waals surface area (Å²) in [6, 6.07) is 11.6. The zero-order valence-corrected chi connectivity index (χ0v) is 41.9. The Morgan fingerprint density at radius 2 is 1.49 bits per heavy atom. The van der Waals surface area contributed by atoms with Crippen LogP contribution in [-0.2, 0) is 74.6 Å². The minimum absolute atomic E-state index is 0.0414. The summed E-state index contributed by atoms with van der Waals surface area (Å²) in [5.74, 6) is -2.20. The lowest BCUT2D eigenvalue weighted by Crippen LogP contribution is -2.35. The number of benzene rings is 2. The van der Waals surface area contributed by atoms with Crippen LogP contribution in [0.1, 0.15) is 89.5 Å². The molecule has 3 heterocycles. The summed E-state index contributed by atoms with van der Waals surface area (Å²) in [5, 5.41) is 1.16. The first kappa shape index (κ1) is 55.1. The maximum absolute atomic E-state index is 12.9. The fourth-order valence-electron chi connectivity index (χ4n) is 8.27. The molecule has 1 atom stereocenters. The second kappa shape index (κ2) is 23.4. The van der Waals surface area contributed by atoms with Gasteiger partial charge in [-0.2, -0.15) is 25.3 Å². The molecule has 1 saturated heterocycles. The van der Waals surface area contributed by atoms with Gasteiger partial charge in [-0.1, -0.05) is 26.8 Å². The predicted molar refractivity (Wildman–Crippen MR) is 254 cm³/mol. The molecule has 5 rings (SSSR count). The van der Waals surface area contributed by atoms with Crippen molar-refractivity contribution in [2.45, 2.75) is 88.4 Å². The van der Waals surface area contributed by atoms with Crippen LogP contribution in [0.3, 0.4) is 0 Å². The molecular formula is C46H62N3O17S3+. The van der Waals surface area contributed by atoms with E-state index in [1.807, 2.05) is 49.6 Å². The standard InChI is InChI=1S/C46H61N3O17S3/c1-45(2,3)37-31-34(65-40-30-33(13-15-36(37)40)47(20-8-28-67(53,54)55)22-23-63-26-27-64-25-24-62-5)10-6-11-41-46(4,19-7-12-44(52)66-49-42(50)17-18-43(49)51)38-32-35(69(59,60)61)14-16-39(38)48(41)21-9-29-68(56,57)58/h6,10-11,13-16,30-32H,7-9,12,17-29H2,1-5H3,(H2-,53,54,55,56,57,58,59,60,61)/p+1. The molecule has 0 bridgehead atoms. The SMILES string of the molecule is COCCOCCOCC[N+](CCCS(=O)(=O)O)=c1ccc2c(C(C)(C)C)cc(/C=C/C=C3/N(CCCS(=O)(=O)O)c4ccc(S(=O)(=O)O)cc4C3(C)CCCC(=O)ON3C(=O)CCC3=O)oc-2c1. The number of anilines is 1. The van der Waals surface area contributed by atoms with Crippen molar-refractivity contribution in [1.29, 1.82) is 0 Å². The molecule has 1 aromatic carbocycles. The highest BCUT2D eigenvalue weighted by atomic mass is 32.2. The van der Waals surface area contributed by atoms with Crippen LogP contribution in [0.25, 0.3) is 17.4 Å². The van der Waals surface area contributed by atoms with Crippen LogP contribution in [0.4, 0.5) is 5.69 Å². The van der Waals surface area contributed by atoms with Crippen LogP contribution in [0.5, 0.6) is 0 Å². The first-order chi connectivity index (χ1) is 32.3. The Kier molecular flexibility index (Phi) is 18.7. The topological polar surface area (TPSA) is 274 Å². The number of methoxy groups -OCH3 is 1. The number of fused-ring (bicyclic) bond motifs is 2. The van der Waals surface area contributed by atoms with Crippen molar-refractivity contribution >= 4 is 59.9 Å². The summed E-state index contributed by atoms with van der Waals surface area (Å²) in [6.07, 6.45) is 5.12. The van der Waals surface area contributed by atoms with Crippen LogP contribution in [-0.4, -0.2) is 133 Å². The molecule has 0 spiro atoms. The zero-order valence-electron chi connectivity index (χ0n) is 39.4. The van der Waals surface area contributed by atoms with Gasteiger partial charge in [0, 0.05) is 67.8 Å². The Balaban J connectivity index is 1.56. The van der Waals surface area contributed by atoms with E-state index in [0.29, 0.717) is 71.9 Å². The average molecular weight is 1030 g/mol. The molecule has 4 aliphatic rings. The number of allylic oxidation sites excluding steroid dienone is 3. The smallest absolute Gasteiger partial charge is 0.333 e. The minimum atomic E-state index is -4.69. The van der Waals surface area contributed by atoms with Crippen LogP contribution in [0.2, 0.25) is 0 Å². The van der Waals surface area contributed by atoms with E-state index < -0.39 is 70.0 Å². The number of hydrogen-bond donors (Lipinski definition) is 3. The predicted octanol–water partition coefficient (Wildman–Crippen LogP) is 4.39. The van der Waals surface area contributed by atoms with Crippen molar-refractivity contribution in [3.8, 4) is 11.3 Å². The number of amides is 2. The van der Waals surface area contributed by atoms with Gasteiger partial charge in [0.2, 0.25) is 5.36 Å². The minimum Gasteiger partial charge on any atom is -0.456 e. The van der Waals surface area contributed by atoms with E-state index in [2.05, 4.69) is 0 Å². The number of nitrogens with zero attached hydrogens (tertiary/aromatic N) is 3. The second-order valence-electron chi connectivity index (χ2n) is 17.9. The van der Waals surface area contributed by atoms with Gasteiger partial charge in [0.1, 0.15) is 24.7 Å². The Hall–Kier alpha value is -4.85. The largest absolute Gasteiger partial charge is 0.456 e. The zero-order chi connectivity index (χ0) is 50.8. The molecule has 1 unspecified atom stereocenters. The van der Waals surface area contributed by atoms with Crippen LogP contribution < -0.4 is 14.8 Å². The quantitative estimate of drug-likeness (QED) is 0.0459. The Morgan fingerprint density at radius 1 is 0.841 bits per heavy atom. The maximum Gasteiger partial charge on any atom is 0.333 e. The molecule has 20 nitrogen and oxygen atoms in total. The van der Waals surface area contributed by atoms with E-state index in [1.54, 1.807) is 37.2 Å². The number of carbonyl (C=O) groups excluding carboxylic acids is 3. The molecular weight excluding hydrogens is 963 g/mol. The van der Waals surface area contributed by atoms with Crippen molar-refractivity contribution in [3.63, 3.8) is 0 Å². The maximum atomic E-state index is 12.9. The van der Waals surface area contributed by atoms with Gasteiger partial charge in [-0.05, 0) is 85.2 Å². The highest BCUT2D eigenvalue weighted by Crippen LogP contribution is 2.51. The monoisotopic (exact) mass is 1020 g/mol. The molecule has 3 N–H and O–H groups in total. The van der Waals surface area contributed by atoms with Crippen molar-refractivity contribution in [1.82, 2.24) is 9.64 Å². The normalized spacial score (nSPS) is 18.0. The van der Waals surface area contributed by atoms with Crippen LogP contribution in [0, 0.1) is 0 Å². The number of rotatable bonds is 25. The summed E-state index contributed by atoms with van der Waals surface area (Å²) in [4.78, 5) is 43.5. The van der Waals surface area contributed by atoms with Crippen molar-refractivity contribution < 1.29 is 76.8 Å². The van der Waals surface area contributed by atoms with Crippen molar-refractivity contribution in [2.75, 3.05) is 76.2 Å². The van der Waals surface area contributed by atoms with Gasteiger partial charge in [0.15, 0.2) is 6.54 Å².